The van der Waals surface area contributed by atoms with Crippen LogP contribution in [0.3, 0.4) is 0 Å². The van der Waals surface area contributed by atoms with Crippen molar-refractivity contribution in [2.45, 2.75) is 20.8 Å². The number of hydrogen-bond acceptors (Lipinski definition) is 3. The van der Waals surface area contributed by atoms with Gasteiger partial charge < -0.3 is 4.90 Å². The van der Waals surface area contributed by atoms with Crippen LogP contribution in [0.2, 0.25) is 0 Å². The van der Waals surface area contributed by atoms with Crippen molar-refractivity contribution in [1.29, 1.82) is 0 Å². The Morgan fingerprint density at radius 3 is 2.56 bits per heavy atom. The number of carbonyl (C=O) groups is 1. The third kappa shape index (κ3) is 3.06. The van der Waals surface area contributed by atoms with Crippen LogP contribution in [0.4, 0.5) is 5.69 Å². The minimum Gasteiger partial charge on any atom is -0.341 e. The summed E-state index contributed by atoms with van der Waals surface area (Å²) >= 11 is 0. The fraction of sp³-hybridized carbons (Fsp3) is 0.462. The fourth-order valence-corrected chi connectivity index (χ4v) is 1.89. The smallest absolute Gasteiger partial charge is 0.273 e. The highest BCUT2D eigenvalue weighted by molar-refractivity contribution is 5.96. The van der Waals surface area contributed by atoms with E-state index >= 15 is 0 Å². The second-order valence-corrected chi connectivity index (χ2v) is 4.79. The lowest BCUT2D eigenvalue weighted by molar-refractivity contribution is -0.385. The largest absolute Gasteiger partial charge is 0.341 e. The molecule has 1 rings (SSSR count). The van der Waals surface area contributed by atoms with Gasteiger partial charge in [0.2, 0.25) is 0 Å². The first-order chi connectivity index (χ1) is 8.34. The summed E-state index contributed by atoms with van der Waals surface area (Å²) in [5.74, 6) is 0.183. The van der Waals surface area contributed by atoms with Gasteiger partial charge in [-0.05, 0) is 18.9 Å². The Morgan fingerprint density at radius 1 is 1.44 bits per heavy atom. The van der Waals surface area contributed by atoms with Gasteiger partial charge in [0, 0.05) is 30.8 Å². The monoisotopic (exact) mass is 250 g/mol. The summed E-state index contributed by atoms with van der Waals surface area (Å²) in [7, 11) is 1.71. The van der Waals surface area contributed by atoms with E-state index in [-0.39, 0.29) is 11.6 Å². The predicted octanol–water partition coefficient (Wildman–Crippen LogP) is 2.63. The van der Waals surface area contributed by atoms with Crippen molar-refractivity contribution in [2.24, 2.45) is 5.92 Å². The van der Waals surface area contributed by atoms with Crippen LogP contribution in [0.5, 0.6) is 0 Å². The average molecular weight is 250 g/mol. The molecule has 0 aliphatic carbocycles. The zero-order chi connectivity index (χ0) is 13.9. The fourth-order valence-electron chi connectivity index (χ4n) is 1.89. The molecule has 1 aromatic rings. The van der Waals surface area contributed by atoms with E-state index in [1.807, 2.05) is 13.8 Å². The first kappa shape index (κ1) is 14.2. The molecule has 18 heavy (non-hydrogen) atoms. The standard InChI is InChI=1S/C13H18N2O3/c1-9(2)8-14(4)13(16)11-6-5-7-12(10(11)3)15(17)18/h5-7,9H,8H2,1-4H3. The number of rotatable bonds is 4. The van der Waals surface area contributed by atoms with E-state index in [2.05, 4.69) is 0 Å². The number of nitro groups is 1. The highest BCUT2D eigenvalue weighted by Crippen LogP contribution is 2.22. The molecular weight excluding hydrogens is 232 g/mol. The van der Waals surface area contributed by atoms with Crippen molar-refractivity contribution < 1.29 is 9.72 Å². The zero-order valence-electron chi connectivity index (χ0n) is 11.1. The highest BCUT2D eigenvalue weighted by Gasteiger charge is 2.20. The maximum absolute atomic E-state index is 12.2. The molecule has 0 bridgehead atoms. The van der Waals surface area contributed by atoms with Gasteiger partial charge in [-0.1, -0.05) is 19.9 Å². The Morgan fingerprint density at radius 2 is 2.06 bits per heavy atom. The van der Waals surface area contributed by atoms with Crippen molar-refractivity contribution in [2.75, 3.05) is 13.6 Å². The molecular formula is C13H18N2O3. The summed E-state index contributed by atoms with van der Waals surface area (Å²) in [4.78, 5) is 24.1. The first-order valence-corrected chi connectivity index (χ1v) is 5.84. The van der Waals surface area contributed by atoms with Gasteiger partial charge >= 0.3 is 0 Å². The highest BCUT2D eigenvalue weighted by atomic mass is 16.6. The maximum Gasteiger partial charge on any atom is 0.273 e. The van der Waals surface area contributed by atoms with Gasteiger partial charge in [-0.25, -0.2) is 0 Å². The van der Waals surface area contributed by atoms with E-state index in [1.165, 1.54) is 6.07 Å². The quantitative estimate of drug-likeness (QED) is 0.609. The van der Waals surface area contributed by atoms with Crippen molar-refractivity contribution >= 4 is 11.6 Å². The number of nitro benzene ring substituents is 1. The van der Waals surface area contributed by atoms with E-state index in [0.717, 1.165) is 0 Å². The van der Waals surface area contributed by atoms with Crippen molar-refractivity contribution in [3.8, 4) is 0 Å². The Hall–Kier alpha value is -1.91. The second kappa shape index (κ2) is 5.62. The van der Waals surface area contributed by atoms with E-state index in [0.29, 0.717) is 23.6 Å². The maximum atomic E-state index is 12.2. The molecule has 1 aromatic carbocycles. The minimum absolute atomic E-state index is 0.0150. The predicted molar refractivity (Wildman–Crippen MR) is 69.6 cm³/mol. The Kier molecular flexibility index (Phi) is 4.42. The SMILES string of the molecule is Cc1c(C(=O)N(C)CC(C)C)cccc1[N+](=O)[O-]. The lowest BCUT2D eigenvalue weighted by atomic mass is 10.1. The molecule has 0 aromatic heterocycles. The summed E-state index contributed by atoms with van der Waals surface area (Å²) in [5.41, 5.74) is 0.800. The van der Waals surface area contributed by atoms with Gasteiger partial charge in [-0.2, -0.15) is 0 Å². The lowest BCUT2D eigenvalue weighted by Gasteiger charge is -2.20. The normalized spacial score (nSPS) is 10.5. The third-order valence-electron chi connectivity index (χ3n) is 2.72. The lowest BCUT2D eigenvalue weighted by Crippen LogP contribution is -2.30. The number of carbonyl (C=O) groups excluding carboxylic acids is 1. The van der Waals surface area contributed by atoms with Crippen LogP contribution in [0.25, 0.3) is 0 Å². The van der Waals surface area contributed by atoms with Gasteiger partial charge in [0.15, 0.2) is 0 Å². The van der Waals surface area contributed by atoms with E-state index in [9.17, 15) is 14.9 Å². The van der Waals surface area contributed by atoms with Gasteiger partial charge in [-0.15, -0.1) is 0 Å². The van der Waals surface area contributed by atoms with Crippen molar-refractivity contribution in [1.82, 2.24) is 4.90 Å². The molecule has 0 saturated carbocycles. The molecule has 98 valence electrons. The van der Waals surface area contributed by atoms with Crippen LogP contribution < -0.4 is 0 Å². The topological polar surface area (TPSA) is 63.5 Å². The molecule has 1 amide bonds. The molecule has 5 heteroatoms. The molecule has 0 aliphatic heterocycles. The number of nitrogens with zero attached hydrogens (tertiary/aromatic N) is 2. The van der Waals surface area contributed by atoms with Crippen molar-refractivity contribution in [3.05, 3.63) is 39.4 Å². The molecule has 0 heterocycles. The first-order valence-electron chi connectivity index (χ1n) is 5.84. The molecule has 0 aliphatic rings. The zero-order valence-corrected chi connectivity index (χ0v) is 11.1. The summed E-state index contributed by atoms with van der Waals surface area (Å²) in [6.45, 7) is 6.27. The molecule has 0 unspecified atom stereocenters. The summed E-state index contributed by atoms with van der Waals surface area (Å²) < 4.78 is 0. The second-order valence-electron chi connectivity index (χ2n) is 4.79. The average Bonchev–Trinajstić information content (AvgIpc) is 2.27. The molecule has 0 N–H and O–H groups in total. The minimum atomic E-state index is -0.464. The van der Waals surface area contributed by atoms with Gasteiger partial charge in [0.25, 0.3) is 11.6 Å². The van der Waals surface area contributed by atoms with Crippen LogP contribution in [0.1, 0.15) is 29.8 Å². The Labute approximate surface area is 107 Å². The molecule has 0 radical (unpaired) electrons. The van der Waals surface area contributed by atoms with Gasteiger partial charge in [0.1, 0.15) is 0 Å². The van der Waals surface area contributed by atoms with Crippen LogP contribution in [0.15, 0.2) is 18.2 Å². The van der Waals surface area contributed by atoms with Crippen LogP contribution in [-0.2, 0) is 0 Å². The van der Waals surface area contributed by atoms with Crippen LogP contribution in [0, 0.1) is 23.0 Å². The van der Waals surface area contributed by atoms with Gasteiger partial charge in [0.05, 0.1) is 4.92 Å². The summed E-state index contributed by atoms with van der Waals surface area (Å²) in [6.07, 6.45) is 0. The Bertz CT molecular complexity index is 469. The third-order valence-corrected chi connectivity index (χ3v) is 2.72. The van der Waals surface area contributed by atoms with Crippen molar-refractivity contribution in [3.63, 3.8) is 0 Å². The molecule has 0 atom stereocenters. The van der Waals surface area contributed by atoms with Crippen LogP contribution in [-0.4, -0.2) is 29.3 Å². The van der Waals surface area contributed by atoms with Gasteiger partial charge in [-0.3, -0.25) is 14.9 Å². The molecule has 0 spiro atoms. The Balaban J connectivity index is 3.07. The number of benzene rings is 1. The molecule has 5 nitrogen and oxygen atoms in total. The van der Waals surface area contributed by atoms with E-state index in [4.69, 9.17) is 0 Å². The number of amides is 1. The number of hydrogen-bond donors (Lipinski definition) is 0. The van der Waals surface area contributed by atoms with Crippen LogP contribution >= 0.6 is 0 Å². The van der Waals surface area contributed by atoms with E-state index < -0.39 is 4.92 Å². The summed E-state index contributed by atoms with van der Waals surface area (Å²) in [6, 6.07) is 4.58. The molecule has 0 fully saturated rings. The van der Waals surface area contributed by atoms with E-state index in [1.54, 1.807) is 31.0 Å². The summed E-state index contributed by atoms with van der Waals surface area (Å²) in [5, 5.41) is 10.8. The molecule has 0 saturated heterocycles.